The number of fused-ring (bicyclic) bond motifs is 1. The molecule has 1 saturated carbocycles. The van der Waals surface area contributed by atoms with Gasteiger partial charge < -0.3 is 10.0 Å². The fourth-order valence-corrected chi connectivity index (χ4v) is 4.93. The molecular formula is C23H25ClF3N3O3. The van der Waals surface area contributed by atoms with E-state index in [2.05, 4.69) is 5.10 Å². The molecule has 1 N–H and O–H groups in total. The Balaban J connectivity index is 1.49. The average Bonchev–Trinajstić information content (AvgIpc) is 3.14. The zero-order valence-corrected chi connectivity index (χ0v) is 18.7. The standard InChI is InChI=1S/C23H25ClF3N3O3/c24-17-7-3-15(4-8-17)12-30-19-13-29(10-9-18(19)21(28-30)23(25,26)27)20(31)11-14-1-5-16(6-2-14)22(32)33/h3-4,7-8,14,16H,1-2,5-6,9-13H2,(H,32,33)/t14-,16-. The van der Waals surface area contributed by atoms with E-state index in [1.807, 2.05) is 0 Å². The summed E-state index contributed by atoms with van der Waals surface area (Å²) >= 11 is 5.91. The number of nitrogens with zero attached hydrogens (tertiary/aromatic N) is 3. The van der Waals surface area contributed by atoms with Gasteiger partial charge in [-0.3, -0.25) is 14.3 Å². The number of amides is 1. The van der Waals surface area contributed by atoms with Gasteiger partial charge in [0.05, 0.1) is 24.7 Å². The van der Waals surface area contributed by atoms with Gasteiger partial charge in [-0.05, 0) is 55.7 Å². The minimum atomic E-state index is -4.57. The minimum Gasteiger partial charge on any atom is -0.481 e. The molecule has 0 spiro atoms. The molecule has 0 radical (unpaired) electrons. The van der Waals surface area contributed by atoms with Crippen LogP contribution in [-0.2, 0) is 35.3 Å². The second-order valence-electron chi connectivity index (χ2n) is 8.88. The SMILES string of the molecule is O=C(C[C@H]1CC[C@H](C(=O)O)CC1)N1CCc2c(C(F)(F)F)nn(Cc3ccc(Cl)cc3)c2C1. The third-order valence-corrected chi connectivity index (χ3v) is 6.92. The Morgan fingerprint density at radius 3 is 2.39 bits per heavy atom. The normalized spacial score (nSPS) is 21.0. The van der Waals surface area contributed by atoms with Gasteiger partial charge >= 0.3 is 12.1 Å². The van der Waals surface area contributed by atoms with Crippen molar-refractivity contribution in [1.82, 2.24) is 14.7 Å². The highest BCUT2D eigenvalue weighted by Gasteiger charge is 2.41. The molecule has 2 aromatic rings. The Labute approximate surface area is 194 Å². The molecule has 0 saturated heterocycles. The summed E-state index contributed by atoms with van der Waals surface area (Å²) in [7, 11) is 0. The number of carbonyl (C=O) groups excluding carboxylic acids is 1. The molecule has 0 atom stereocenters. The molecular weight excluding hydrogens is 459 g/mol. The summed E-state index contributed by atoms with van der Waals surface area (Å²) in [5.41, 5.74) is 0.441. The van der Waals surface area contributed by atoms with Crippen molar-refractivity contribution in [3.8, 4) is 0 Å². The van der Waals surface area contributed by atoms with Crippen LogP contribution in [0, 0.1) is 11.8 Å². The maximum atomic E-state index is 13.6. The lowest BCUT2D eigenvalue weighted by molar-refractivity contribution is -0.143. The Morgan fingerprint density at radius 2 is 1.79 bits per heavy atom. The second-order valence-corrected chi connectivity index (χ2v) is 9.32. The van der Waals surface area contributed by atoms with Crippen LogP contribution < -0.4 is 0 Å². The number of carboxylic acids is 1. The molecule has 1 aliphatic heterocycles. The van der Waals surface area contributed by atoms with Crippen LogP contribution in [0.2, 0.25) is 5.02 Å². The highest BCUT2D eigenvalue weighted by Crippen LogP contribution is 2.36. The quantitative estimate of drug-likeness (QED) is 0.664. The van der Waals surface area contributed by atoms with Crippen LogP contribution in [0.25, 0.3) is 0 Å². The monoisotopic (exact) mass is 483 g/mol. The molecule has 1 aromatic heterocycles. The lowest BCUT2D eigenvalue weighted by atomic mass is 9.80. The van der Waals surface area contributed by atoms with Crippen LogP contribution in [0.3, 0.4) is 0 Å². The number of hydrogen-bond acceptors (Lipinski definition) is 3. The van der Waals surface area contributed by atoms with Gasteiger partial charge in [-0.2, -0.15) is 18.3 Å². The molecule has 10 heteroatoms. The van der Waals surface area contributed by atoms with Crippen molar-refractivity contribution in [3.05, 3.63) is 51.8 Å². The van der Waals surface area contributed by atoms with Gasteiger partial charge in [-0.25, -0.2) is 0 Å². The number of aromatic nitrogens is 2. The molecule has 1 fully saturated rings. The fraction of sp³-hybridized carbons (Fsp3) is 0.522. The average molecular weight is 484 g/mol. The highest BCUT2D eigenvalue weighted by molar-refractivity contribution is 6.30. The molecule has 33 heavy (non-hydrogen) atoms. The Morgan fingerprint density at radius 1 is 1.12 bits per heavy atom. The molecule has 1 aromatic carbocycles. The number of halogens is 4. The summed E-state index contributed by atoms with van der Waals surface area (Å²) in [4.78, 5) is 25.7. The Hall–Kier alpha value is -2.55. The summed E-state index contributed by atoms with van der Waals surface area (Å²) < 4.78 is 42.2. The molecule has 178 valence electrons. The predicted molar refractivity (Wildman–Crippen MR) is 115 cm³/mol. The molecule has 1 amide bonds. The van der Waals surface area contributed by atoms with E-state index in [1.165, 1.54) is 4.68 Å². The van der Waals surface area contributed by atoms with E-state index in [4.69, 9.17) is 16.7 Å². The van der Waals surface area contributed by atoms with Crippen LogP contribution in [0.1, 0.15) is 54.6 Å². The van der Waals surface area contributed by atoms with E-state index in [1.54, 1.807) is 29.2 Å². The van der Waals surface area contributed by atoms with Crippen molar-refractivity contribution in [2.24, 2.45) is 11.8 Å². The number of carboxylic acid groups (broad SMARTS) is 1. The van der Waals surface area contributed by atoms with E-state index >= 15 is 0 Å². The van der Waals surface area contributed by atoms with Crippen LogP contribution in [-0.4, -0.2) is 38.2 Å². The highest BCUT2D eigenvalue weighted by atomic mass is 35.5. The van der Waals surface area contributed by atoms with Gasteiger partial charge in [0, 0.05) is 23.6 Å². The Bertz CT molecular complexity index is 1030. The van der Waals surface area contributed by atoms with E-state index in [9.17, 15) is 22.8 Å². The van der Waals surface area contributed by atoms with Gasteiger partial charge in [0.2, 0.25) is 5.91 Å². The van der Waals surface area contributed by atoms with Crippen molar-refractivity contribution in [2.45, 2.75) is 57.8 Å². The number of carbonyl (C=O) groups is 2. The van der Waals surface area contributed by atoms with E-state index in [0.717, 1.165) is 5.56 Å². The molecule has 1 aliphatic carbocycles. The van der Waals surface area contributed by atoms with Gasteiger partial charge in [-0.1, -0.05) is 23.7 Å². The van der Waals surface area contributed by atoms with Crippen LogP contribution >= 0.6 is 11.6 Å². The second kappa shape index (κ2) is 9.37. The summed E-state index contributed by atoms with van der Waals surface area (Å²) in [6.07, 6.45) is -1.71. The summed E-state index contributed by atoms with van der Waals surface area (Å²) in [5, 5.41) is 13.6. The smallest absolute Gasteiger partial charge is 0.435 e. The topological polar surface area (TPSA) is 75.4 Å². The third-order valence-electron chi connectivity index (χ3n) is 6.66. The summed E-state index contributed by atoms with van der Waals surface area (Å²) in [6, 6.07) is 6.82. The fourth-order valence-electron chi connectivity index (χ4n) is 4.80. The molecule has 6 nitrogen and oxygen atoms in total. The van der Waals surface area contributed by atoms with Gasteiger partial charge in [0.1, 0.15) is 0 Å². The number of hydrogen-bond donors (Lipinski definition) is 1. The van der Waals surface area contributed by atoms with Crippen molar-refractivity contribution in [3.63, 3.8) is 0 Å². The van der Waals surface area contributed by atoms with E-state index < -0.39 is 17.8 Å². The van der Waals surface area contributed by atoms with Crippen molar-refractivity contribution in [2.75, 3.05) is 6.54 Å². The number of rotatable bonds is 5. The lowest BCUT2D eigenvalue weighted by Crippen LogP contribution is -2.38. The first kappa shape index (κ1) is 23.6. The predicted octanol–water partition coefficient (Wildman–Crippen LogP) is 4.77. The first-order valence-electron chi connectivity index (χ1n) is 11.0. The van der Waals surface area contributed by atoms with Crippen LogP contribution in [0.15, 0.2) is 24.3 Å². The van der Waals surface area contributed by atoms with E-state index in [-0.39, 0.29) is 49.4 Å². The zero-order chi connectivity index (χ0) is 23.8. The summed E-state index contributed by atoms with van der Waals surface area (Å²) in [6.45, 7) is 0.443. The molecule has 2 aliphatic rings. The zero-order valence-electron chi connectivity index (χ0n) is 17.9. The molecule has 2 heterocycles. The molecule has 0 unspecified atom stereocenters. The number of benzene rings is 1. The van der Waals surface area contributed by atoms with Gasteiger partial charge in [0.25, 0.3) is 0 Å². The Kier molecular flexibility index (Phi) is 6.70. The van der Waals surface area contributed by atoms with Gasteiger partial charge in [0.15, 0.2) is 5.69 Å². The summed E-state index contributed by atoms with van der Waals surface area (Å²) in [5.74, 6) is -1.14. The lowest BCUT2D eigenvalue weighted by Gasteiger charge is -2.31. The third kappa shape index (κ3) is 5.34. The van der Waals surface area contributed by atoms with Crippen LogP contribution in [0.4, 0.5) is 13.2 Å². The van der Waals surface area contributed by atoms with Crippen molar-refractivity contribution >= 4 is 23.5 Å². The van der Waals surface area contributed by atoms with Crippen molar-refractivity contribution in [1.29, 1.82) is 0 Å². The number of aliphatic carboxylic acids is 1. The number of alkyl halides is 3. The van der Waals surface area contributed by atoms with Crippen LogP contribution in [0.5, 0.6) is 0 Å². The van der Waals surface area contributed by atoms with E-state index in [0.29, 0.717) is 42.8 Å². The minimum absolute atomic E-state index is 0.0787. The molecule has 4 rings (SSSR count). The first-order valence-corrected chi connectivity index (χ1v) is 11.4. The maximum Gasteiger partial charge on any atom is 0.435 e. The van der Waals surface area contributed by atoms with Gasteiger partial charge in [-0.15, -0.1) is 0 Å². The first-order chi connectivity index (χ1) is 15.6. The maximum absolute atomic E-state index is 13.6. The van der Waals surface area contributed by atoms with Crippen molar-refractivity contribution < 1.29 is 27.9 Å². The molecule has 0 bridgehead atoms. The largest absolute Gasteiger partial charge is 0.481 e.